The molecule has 0 aliphatic heterocycles. The summed E-state index contributed by atoms with van der Waals surface area (Å²) in [6.07, 6.45) is 3.82. The number of carbonyl (C=O) groups is 1. The van der Waals surface area contributed by atoms with Gasteiger partial charge in [-0.05, 0) is 50.1 Å². The number of benzene rings is 2. The van der Waals surface area contributed by atoms with Crippen molar-refractivity contribution in [1.82, 2.24) is 25.2 Å². The highest BCUT2D eigenvalue weighted by atomic mass is 35.5. The maximum Gasteiger partial charge on any atom is 0.273 e. The third kappa shape index (κ3) is 5.03. The fourth-order valence-corrected chi connectivity index (χ4v) is 4.57. The van der Waals surface area contributed by atoms with Gasteiger partial charge in [0, 0.05) is 27.7 Å². The molecule has 1 atom stereocenters. The van der Waals surface area contributed by atoms with E-state index in [-0.39, 0.29) is 24.2 Å². The number of aromatic nitrogens is 4. The molecular weight excluding hydrogens is 497 g/mol. The highest BCUT2D eigenvalue weighted by Crippen LogP contribution is 2.32. The average molecular weight is 520 g/mol. The number of hydrogen-bond donors (Lipinski definition) is 1. The van der Waals surface area contributed by atoms with Gasteiger partial charge in [-0.2, -0.15) is 5.10 Å². The summed E-state index contributed by atoms with van der Waals surface area (Å²) in [5, 5.41) is 12.0. The van der Waals surface area contributed by atoms with Gasteiger partial charge in [-0.25, -0.2) is 14.1 Å². The van der Waals surface area contributed by atoms with Crippen LogP contribution in [0.2, 0.25) is 5.02 Å². The number of nitrogens with one attached hydrogen (secondary N) is 1. The van der Waals surface area contributed by atoms with Crippen molar-refractivity contribution in [3.8, 4) is 11.4 Å². The maximum atomic E-state index is 13.7. The van der Waals surface area contributed by atoms with Gasteiger partial charge in [-0.15, -0.1) is 0 Å². The summed E-state index contributed by atoms with van der Waals surface area (Å²) >= 11 is 6.65. The number of carbonyl (C=O) groups excluding carboxylic acids is 1. The lowest BCUT2D eigenvalue weighted by molar-refractivity contribution is 0.0930. The summed E-state index contributed by atoms with van der Waals surface area (Å²) in [6, 6.07) is 12.3. The minimum atomic E-state index is -0.429. The van der Waals surface area contributed by atoms with E-state index in [1.807, 2.05) is 57.2 Å². The van der Waals surface area contributed by atoms with Gasteiger partial charge in [0.2, 0.25) is 0 Å². The minimum absolute atomic E-state index is 0.138. The van der Waals surface area contributed by atoms with Crippen LogP contribution in [-0.2, 0) is 6.61 Å². The van der Waals surface area contributed by atoms with Crippen molar-refractivity contribution >= 4 is 28.4 Å². The summed E-state index contributed by atoms with van der Waals surface area (Å²) in [6.45, 7) is 5.79. The number of halogens is 2. The molecule has 0 aliphatic carbocycles. The van der Waals surface area contributed by atoms with E-state index in [0.717, 1.165) is 34.0 Å². The number of amides is 1. The first-order valence-corrected chi connectivity index (χ1v) is 11.9. The number of fused-ring (bicyclic) bond motifs is 1. The first-order valence-electron chi connectivity index (χ1n) is 11.5. The van der Waals surface area contributed by atoms with Crippen molar-refractivity contribution in [2.45, 2.75) is 33.4 Å². The second-order valence-corrected chi connectivity index (χ2v) is 9.13. The molecule has 8 nitrogen and oxygen atoms in total. The molecule has 5 rings (SSSR count). The zero-order valence-electron chi connectivity index (χ0n) is 20.3. The number of nitrogens with zero attached hydrogens (tertiary/aromatic N) is 4. The summed E-state index contributed by atoms with van der Waals surface area (Å²) in [4.78, 5) is 17.2. The van der Waals surface area contributed by atoms with E-state index in [1.54, 1.807) is 0 Å². The van der Waals surface area contributed by atoms with Gasteiger partial charge < -0.3 is 14.6 Å². The number of pyridine rings is 1. The first-order chi connectivity index (χ1) is 17.8. The summed E-state index contributed by atoms with van der Waals surface area (Å²) in [5.41, 5.74) is 4.73. The van der Waals surface area contributed by atoms with Gasteiger partial charge in [-0.1, -0.05) is 35.0 Å². The minimum Gasteiger partial charge on any atom is -0.487 e. The molecular formula is C27H23ClFN5O3. The maximum absolute atomic E-state index is 13.7. The quantitative estimate of drug-likeness (QED) is 0.288. The number of aryl methyl sites for hydroxylation is 2. The molecule has 3 heterocycles. The highest BCUT2D eigenvalue weighted by Gasteiger charge is 2.20. The van der Waals surface area contributed by atoms with Crippen molar-refractivity contribution in [3.05, 3.63) is 100 Å². The Labute approximate surface area is 217 Å². The third-order valence-electron chi connectivity index (χ3n) is 5.94. The van der Waals surface area contributed by atoms with E-state index in [2.05, 4.69) is 20.6 Å². The fourth-order valence-electron chi connectivity index (χ4n) is 4.23. The zero-order chi connectivity index (χ0) is 26.1. The fraction of sp³-hybridized carbons (Fsp3) is 0.185. The van der Waals surface area contributed by atoms with E-state index < -0.39 is 5.82 Å². The molecule has 0 unspecified atom stereocenters. The van der Waals surface area contributed by atoms with Crippen molar-refractivity contribution < 1.29 is 18.4 Å². The largest absolute Gasteiger partial charge is 0.487 e. The monoisotopic (exact) mass is 519 g/mol. The Morgan fingerprint density at radius 1 is 1.24 bits per heavy atom. The second kappa shape index (κ2) is 10.0. The van der Waals surface area contributed by atoms with Crippen LogP contribution in [-0.4, -0.2) is 25.8 Å². The van der Waals surface area contributed by atoms with E-state index in [9.17, 15) is 9.18 Å². The van der Waals surface area contributed by atoms with Crippen LogP contribution in [0, 0.1) is 19.7 Å². The molecule has 0 saturated heterocycles. The number of para-hydroxylation sites is 1. The Morgan fingerprint density at radius 3 is 2.81 bits per heavy atom. The van der Waals surface area contributed by atoms with Gasteiger partial charge in [0.15, 0.2) is 11.5 Å². The van der Waals surface area contributed by atoms with E-state index in [4.69, 9.17) is 20.9 Å². The van der Waals surface area contributed by atoms with Gasteiger partial charge in [0.05, 0.1) is 24.1 Å². The van der Waals surface area contributed by atoms with E-state index >= 15 is 0 Å². The van der Waals surface area contributed by atoms with Gasteiger partial charge in [0.25, 0.3) is 5.91 Å². The van der Waals surface area contributed by atoms with Crippen molar-refractivity contribution in [1.29, 1.82) is 0 Å². The number of ether oxygens (including phenoxy) is 1. The van der Waals surface area contributed by atoms with Gasteiger partial charge in [-0.3, -0.25) is 4.79 Å². The Hall–Kier alpha value is -4.24. The Morgan fingerprint density at radius 2 is 2.08 bits per heavy atom. The molecule has 0 spiro atoms. The lowest BCUT2D eigenvalue weighted by Crippen LogP contribution is -2.28. The molecule has 0 fully saturated rings. The molecule has 0 saturated carbocycles. The normalized spacial score (nSPS) is 12.0. The summed E-state index contributed by atoms with van der Waals surface area (Å²) in [7, 11) is 0. The molecule has 10 heteroatoms. The van der Waals surface area contributed by atoms with Crippen molar-refractivity contribution in [3.63, 3.8) is 0 Å². The lowest BCUT2D eigenvalue weighted by atomic mass is 9.99. The van der Waals surface area contributed by atoms with Crippen LogP contribution in [0.5, 0.6) is 5.75 Å². The standard InChI is InChI=1S/C27H23ClFN5O3/c1-15-9-20(17(3)32-27(35)23-7-8-37-33-23)21(22(28)10-15)14-36-25-6-4-5-19-24(11-16(2)31-26(19)25)34-13-18(29)12-30-34/h4-13,17H,14H2,1-3H3,(H,32,35)/t17-/m0/s1. The van der Waals surface area contributed by atoms with E-state index in [1.165, 1.54) is 23.2 Å². The van der Waals surface area contributed by atoms with Crippen molar-refractivity contribution in [2.24, 2.45) is 0 Å². The Balaban J connectivity index is 1.47. The molecule has 0 bridgehead atoms. The van der Waals surface area contributed by atoms with Crippen LogP contribution in [0.4, 0.5) is 4.39 Å². The van der Waals surface area contributed by atoms with Crippen LogP contribution < -0.4 is 10.1 Å². The topological polar surface area (TPSA) is 95.1 Å². The number of rotatable bonds is 7. The van der Waals surface area contributed by atoms with Crippen LogP contribution in [0.3, 0.4) is 0 Å². The van der Waals surface area contributed by atoms with Crippen LogP contribution in [0.1, 0.15) is 45.8 Å². The number of hydrogen-bond acceptors (Lipinski definition) is 6. The average Bonchev–Trinajstić information content (AvgIpc) is 3.55. The predicted octanol–water partition coefficient (Wildman–Crippen LogP) is 5.89. The molecule has 37 heavy (non-hydrogen) atoms. The SMILES string of the molecule is Cc1cc(Cl)c(COc2cccc3c(-n4cc(F)cn4)cc(C)nc23)c([C@H](C)NC(=O)c2ccon2)c1. The molecule has 0 radical (unpaired) electrons. The highest BCUT2D eigenvalue weighted by molar-refractivity contribution is 6.31. The molecule has 3 aromatic heterocycles. The molecule has 1 amide bonds. The first kappa shape index (κ1) is 24.5. The van der Waals surface area contributed by atoms with E-state index in [0.29, 0.717) is 22.0 Å². The summed E-state index contributed by atoms with van der Waals surface area (Å²) in [5.74, 6) is -0.250. The van der Waals surface area contributed by atoms with Gasteiger partial charge >= 0.3 is 0 Å². The predicted molar refractivity (Wildman–Crippen MR) is 136 cm³/mol. The smallest absolute Gasteiger partial charge is 0.273 e. The molecule has 188 valence electrons. The lowest BCUT2D eigenvalue weighted by Gasteiger charge is -2.20. The van der Waals surface area contributed by atoms with Crippen LogP contribution in [0.15, 0.2) is 65.6 Å². The van der Waals surface area contributed by atoms with Crippen molar-refractivity contribution in [2.75, 3.05) is 0 Å². The Bertz CT molecular complexity index is 1600. The third-order valence-corrected chi connectivity index (χ3v) is 6.27. The van der Waals surface area contributed by atoms with Crippen LogP contribution in [0.25, 0.3) is 16.6 Å². The second-order valence-electron chi connectivity index (χ2n) is 8.72. The Kier molecular flexibility index (Phi) is 6.62. The van der Waals surface area contributed by atoms with Crippen LogP contribution >= 0.6 is 11.6 Å². The molecule has 5 aromatic rings. The summed E-state index contributed by atoms with van der Waals surface area (Å²) < 4.78 is 26.2. The molecule has 2 aromatic carbocycles. The molecule has 1 N–H and O–H groups in total. The molecule has 0 aliphatic rings. The van der Waals surface area contributed by atoms with Gasteiger partial charge in [0.1, 0.15) is 24.1 Å². The zero-order valence-corrected chi connectivity index (χ0v) is 21.1.